The topological polar surface area (TPSA) is 55.6 Å². The first-order chi connectivity index (χ1) is 9.11. The largest absolute Gasteiger partial charge is 0.381 e. The number of hydrogen-bond acceptors (Lipinski definition) is 4. The fraction of sp³-hybridized carbons (Fsp3) is 0.538. The molecule has 2 rings (SSSR count). The second-order valence-corrected chi connectivity index (χ2v) is 4.72. The van der Waals surface area contributed by atoms with Crippen LogP contribution in [0.4, 0.5) is 10.1 Å². The van der Waals surface area contributed by atoms with Gasteiger partial charge in [0.15, 0.2) is 0 Å². The second kappa shape index (κ2) is 6.08. The maximum Gasteiger partial charge on any atom is 0.305 e. The lowest BCUT2D eigenvalue weighted by atomic mass is 10.1. The molecule has 104 valence electrons. The number of ether oxygens (including phenoxy) is 1. The maximum absolute atomic E-state index is 13.9. The summed E-state index contributed by atoms with van der Waals surface area (Å²) in [6.07, 6.45) is 2.09. The van der Waals surface area contributed by atoms with Crippen LogP contribution in [-0.4, -0.2) is 36.1 Å². The molecular formula is C13H17FN2O3. The summed E-state index contributed by atoms with van der Waals surface area (Å²) in [5, 5.41) is 10.7. The summed E-state index contributed by atoms with van der Waals surface area (Å²) in [7, 11) is 1.69. The van der Waals surface area contributed by atoms with Gasteiger partial charge >= 0.3 is 5.69 Å². The van der Waals surface area contributed by atoms with E-state index in [0.717, 1.165) is 25.9 Å². The van der Waals surface area contributed by atoms with Crippen LogP contribution in [0.3, 0.4) is 0 Å². The molecule has 1 aliphatic heterocycles. The van der Waals surface area contributed by atoms with Gasteiger partial charge in [-0.2, -0.15) is 4.39 Å². The van der Waals surface area contributed by atoms with Gasteiger partial charge in [-0.25, -0.2) is 0 Å². The molecule has 6 heteroatoms. The van der Waals surface area contributed by atoms with Crippen molar-refractivity contribution in [2.45, 2.75) is 25.5 Å². The third-order valence-electron chi connectivity index (χ3n) is 3.52. The summed E-state index contributed by atoms with van der Waals surface area (Å²) in [5.74, 6) is -0.721. The zero-order valence-corrected chi connectivity index (χ0v) is 10.8. The molecule has 1 aliphatic rings. The quantitative estimate of drug-likeness (QED) is 0.621. The lowest BCUT2D eigenvalue weighted by Gasteiger charge is -2.31. The number of hydrogen-bond donors (Lipinski definition) is 0. The Morgan fingerprint density at radius 1 is 1.47 bits per heavy atom. The summed E-state index contributed by atoms with van der Waals surface area (Å²) in [4.78, 5) is 12.1. The Morgan fingerprint density at radius 3 is 2.74 bits per heavy atom. The Labute approximate surface area is 111 Å². The molecule has 1 aromatic carbocycles. The first kappa shape index (κ1) is 13.9. The van der Waals surface area contributed by atoms with Crippen molar-refractivity contribution in [3.05, 3.63) is 39.7 Å². The third kappa shape index (κ3) is 3.27. The molecule has 0 aromatic heterocycles. The van der Waals surface area contributed by atoms with Crippen LogP contribution in [0.1, 0.15) is 18.4 Å². The fourth-order valence-corrected chi connectivity index (χ4v) is 2.37. The van der Waals surface area contributed by atoms with Gasteiger partial charge in [0.05, 0.1) is 11.0 Å². The van der Waals surface area contributed by atoms with Gasteiger partial charge in [0.2, 0.25) is 5.82 Å². The van der Waals surface area contributed by atoms with Crippen LogP contribution in [0.15, 0.2) is 18.2 Å². The van der Waals surface area contributed by atoms with E-state index in [1.54, 1.807) is 13.2 Å². The first-order valence-electron chi connectivity index (χ1n) is 6.28. The molecule has 0 saturated carbocycles. The van der Waals surface area contributed by atoms with Gasteiger partial charge in [0.1, 0.15) is 0 Å². The molecule has 0 unspecified atom stereocenters. The summed E-state index contributed by atoms with van der Waals surface area (Å²) in [5.41, 5.74) is -0.0747. The minimum Gasteiger partial charge on any atom is -0.381 e. The molecule has 0 amide bonds. The van der Waals surface area contributed by atoms with E-state index < -0.39 is 16.4 Å². The van der Waals surface area contributed by atoms with E-state index in [0.29, 0.717) is 12.1 Å². The number of methoxy groups -OCH3 is 1. The van der Waals surface area contributed by atoms with Gasteiger partial charge < -0.3 is 4.74 Å². The normalized spacial score (nSPS) is 17.6. The van der Waals surface area contributed by atoms with Crippen LogP contribution < -0.4 is 0 Å². The number of rotatable bonds is 4. The lowest BCUT2D eigenvalue weighted by molar-refractivity contribution is -0.387. The van der Waals surface area contributed by atoms with Crippen LogP contribution in [0.25, 0.3) is 0 Å². The minimum atomic E-state index is -0.721. The summed E-state index contributed by atoms with van der Waals surface area (Å²) >= 11 is 0. The number of nitro benzene ring substituents is 1. The standard InChI is InChI=1S/C13H17FN2O3/c1-19-11-5-7-15(8-6-11)9-10-3-2-4-12(13(10)14)16(17)18/h2-4,11H,5-9H2,1H3. The van der Waals surface area contributed by atoms with Crippen molar-refractivity contribution in [2.24, 2.45) is 0 Å². The molecule has 0 spiro atoms. The minimum absolute atomic E-state index is 0.270. The van der Waals surface area contributed by atoms with E-state index >= 15 is 0 Å². The zero-order chi connectivity index (χ0) is 13.8. The number of nitro groups is 1. The maximum atomic E-state index is 13.9. The molecule has 5 nitrogen and oxygen atoms in total. The van der Waals surface area contributed by atoms with Crippen molar-refractivity contribution in [3.8, 4) is 0 Å². The Morgan fingerprint density at radius 2 is 2.16 bits per heavy atom. The van der Waals surface area contributed by atoms with E-state index in [4.69, 9.17) is 4.74 Å². The van der Waals surface area contributed by atoms with Crippen LogP contribution >= 0.6 is 0 Å². The molecule has 0 aliphatic carbocycles. The van der Waals surface area contributed by atoms with Crippen molar-refractivity contribution in [1.82, 2.24) is 4.90 Å². The molecule has 19 heavy (non-hydrogen) atoms. The number of nitrogens with zero attached hydrogens (tertiary/aromatic N) is 2. The zero-order valence-electron chi connectivity index (χ0n) is 10.8. The number of piperidine rings is 1. The molecule has 0 radical (unpaired) electrons. The summed E-state index contributed by atoms with van der Waals surface area (Å²) in [6.45, 7) is 2.05. The lowest BCUT2D eigenvalue weighted by Crippen LogP contribution is -2.36. The average Bonchev–Trinajstić information content (AvgIpc) is 2.41. The van der Waals surface area contributed by atoms with Crippen LogP contribution in [0.2, 0.25) is 0 Å². The first-order valence-corrected chi connectivity index (χ1v) is 6.28. The highest BCUT2D eigenvalue weighted by atomic mass is 19.1. The Balaban J connectivity index is 2.04. The molecule has 0 N–H and O–H groups in total. The second-order valence-electron chi connectivity index (χ2n) is 4.72. The van der Waals surface area contributed by atoms with Crippen LogP contribution in [0.5, 0.6) is 0 Å². The summed E-state index contributed by atoms with van der Waals surface area (Å²) < 4.78 is 19.2. The average molecular weight is 268 g/mol. The highest BCUT2D eigenvalue weighted by Crippen LogP contribution is 2.23. The summed E-state index contributed by atoms with van der Waals surface area (Å²) in [6, 6.07) is 4.32. The van der Waals surface area contributed by atoms with Crippen molar-refractivity contribution in [1.29, 1.82) is 0 Å². The number of halogens is 1. The molecule has 0 atom stereocenters. The van der Waals surface area contributed by atoms with E-state index in [9.17, 15) is 14.5 Å². The van der Waals surface area contributed by atoms with Gasteiger partial charge in [0, 0.05) is 38.4 Å². The van der Waals surface area contributed by atoms with Gasteiger partial charge in [-0.3, -0.25) is 15.0 Å². The van der Waals surface area contributed by atoms with E-state index in [1.807, 2.05) is 0 Å². The smallest absolute Gasteiger partial charge is 0.305 e. The fourth-order valence-electron chi connectivity index (χ4n) is 2.37. The predicted octanol–water partition coefficient (Wildman–Crippen LogP) is 2.34. The SMILES string of the molecule is COC1CCN(Cc2cccc([N+](=O)[O-])c2F)CC1. The molecular weight excluding hydrogens is 251 g/mol. The van der Waals surface area contributed by atoms with Crippen molar-refractivity contribution in [3.63, 3.8) is 0 Å². The highest BCUT2D eigenvalue weighted by Gasteiger charge is 2.22. The predicted molar refractivity (Wildman–Crippen MR) is 68.4 cm³/mol. The van der Waals surface area contributed by atoms with Gasteiger partial charge in [0.25, 0.3) is 0 Å². The monoisotopic (exact) mass is 268 g/mol. The van der Waals surface area contributed by atoms with Crippen molar-refractivity contribution in [2.75, 3.05) is 20.2 Å². The van der Waals surface area contributed by atoms with E-state index in [-0.39, 0.29) is 6.10 Å². The van der Waals surface area contributed by atoms with E-state index in [1.165, 1.54) is 12.1 Å². The van der Waals surface area contributed by atoms with Gasteiger partial charge in [-0.05, 0) is 12.8 Å². The van der Waals surface area contributed by atoms with Gasteiger partial charge in [-0.15, -0.1) is 0 Å². The molecule has 1 fully saturated rings. The third-order valence-corrected chi connectivity index (χ3v) is 3.52. The Hall–Kier alpha value is -1.53. The molecule has 0 bridgehead atoms. The van der Waals surface area contributed by atoms with Crippen molar-refractivity contribution >= 4 is 5.69 Å². The molecule has 1 saturated heterocycles. The van der Waals surface area contributed by atoms with E-state index in [2.05, 4.69) is 4.90 Å². The van der Waals surface area contributed by atoms with Crippen molar-refractivity contribution < 1.29 is 14.1 Å². The van der Waals surface area contributed by atoms with Gasteiger partial charge in [-0.1, -0.05) is 12.1 Å². The Bertz CT molecular complexity index is 459. The highest BCUT2D eigenvalue weighted by molar-refractivity contribution is 5.36. The van der Waals surface area contributed by atoms with Crippen LogP contribution in [-0.2, 0) is 11.3 Å². The number of benzene rings is 1. The molecule has 1 heterocycles. The van der Waals surface area contributed by atoms with Crippen LogP contribution in [0, 0.1) is 15.9 Å². The molecule has 1 aromatic rings. The Kier molecular flexibility index (Phi) is 4.44. The number of likely N-dealkylation sites (tertiary alicyclic amines) is 1.